The molecule has 0 aliphatic rings. The van der Waals surface area contributed by atoms with E-state index in [9.17, 15) is 4.79 Å². The van der Waals surface area contributed by atoms with Crippen molar-refractivity contribution in [3.63, 3.8) is 0 Å². The molecule has 0 amide bonds. The molecule has 0 bridgehead atoms. The molecule has 0 spiro atoms. The lowest BCUT2D eigenvalue weighted by Gasteiger charge is -2.18. The molecule has 0 aliphatic heterocycles. The molecule has 19 heavy (non-hydrogen) atoms. The molecule has 0 saturated heterocycles. The van der Waals surface area contributed by atoms with Gasteiger partial charge in [-0.25, -0.2) is 0 Å². The molecule has 1 unspecified atom stereocenters. The highest BCUT2D eigenvalue weighted by Crippen LogP contribution is 2.33. The average molecular weight is 256 g/mol. The van der Waals surface area contributed by atoms with E-state index in [0.717, 1.165) is 11.8 Å². The number of rotatable bonds is 5. The summed E-state index contributed by atoms with van der Waals surface area (Å²) in [6.45, 7) is 1.94. The Kier molecular flexibility index (Phi) is 4.18. The van der Waals surface area contributed by atoms with Crippen molar-refractivity contribution in [3.8, 4) is 11.5 Å². The lowest BCUT2D eigenvalue weighted by atomic mass is 10.1. The summed E-state index contributed by atoms with van der Waals surface area (Å²) in [5, 5.41) is 0. The van der Waals surface area contributed by atoms with Crippen molar-refractivity contribution in [2.45, 2.75) is 13.0 Å². The predicted octanol–water partition coefficient (Wildman–Crippen LogP) is 3.65. The number of carbonyl (C=O) groups excluding carboxylic acids is 1. The van der Waals surface area contributed by atoms with E-state index in [1.54, 1.807) is 25.3 Å². The summed E-state index contributed by atoms with van der Waals surface area (Å²) < 4.78 is 11.1. The summed E-state index contributed by atoms with van der Waals surface area (Å²) in [4.78, 5) is 11.1. The molecule has 3 heteroatoms. The van der Waals surface area contributed by atoms with Crippen LogP contribution < -0.4 is 9.47 Å². The zero-order valence-electron chi connectivity index (χ0n) is 11.0. The molecule has 0 heterocycles. The van der Waals surface area contributed by atoms with E-state index < -0.39 is 0 Å². The van der Waals surface area contributed by atoms with Crippen LogP contribution in [0.3, 0.4) is 0 Å². The Labute approximate surface area is 112 Å². The number of methoxy groups -OCH3 is 1. The number of para-hydroxylation sites is 1. The van der Waals surface area contributed by atoms with Crippen molar-refractivity contribution in [2.75, 3.05) is 7.11 Å². The van der Waals surface area contributed by atoms with Crippen LogP contribution in [0.1, 0.15) is 28.9 Å². The van der Waals surface area contributed by atoms with Crippen LogP contribution in [-0.4, -0.2) is 13.4 Å². The molecular weight excluding hydrogens is 240 g/mol. The Hall–Kier alpha value is -2.29. The number of aldehydes is 1. The van der Waals surface area contributed by atoms with Crippen LogP contribution in [0.25, 0.3) is 0 Å². The molecule has 0 saturated carbocycles. The monoisotopic (exact) mass is 256 g/mol. The first-order valence-electron chi connectivity index (χ1n) is 6.10. The largest absolute Gasteiger partial charge is 0.493 e. The van der Waals surface area contributed by atoms with Gasteiger partial charge in [-0.15, -0.1) is 0 Å². The minimum absolute atomic E-state index is 0.156. The Morgan fingerprint density at radius 1 is 1.05 bits per heavy atom. The molecular formula is C16H16O3. The molecule has 0 aromatic heterocycles. The molecule has 2 rings (SSSR count). The van der Waals surface area contributed by atoms with Gasteiger partial charge in [-0.3, -0.25) is 4.79 Å². The lowest BCUT2D eigenvalue weighted by molar-refractivity contribution is 0.111. The van der Waals surface area contributed by atoms with Gasteiger partial charge in [0.25, 0.3) is 0 Å². The van der Waals surface area contributed by atoms with Crippen molar-refractivity contribution in [3.05, 3.63) is 59.7 Å². The summed E-state index contributed by atoms with van der Waals surface area (Å²) in [5.74, 6) is 1.05. The second kappa shape index (κ2) is 6.05. The Balaban J connectivity index is 2.30. The number of hydrogen-bond donors (Lipinski definition) is 0. The molecule has 3 nitrogen and oxygen atoms in total. The van der Waals surface area contributed by atoms with Crippen LogP contribution in [0, 0.1) is 0 Å². The minimum Gasteiger partial charge on any atom is -0.493 e. The van der Waals surface area contributed by atoms with Gasteiger partial charge in [0.2, 0.25) is 0 Å². The van der Waals surface area contributed by atoms with Gasteiger partial charge < -0.3 is 9.47 Å². The van der Waals surface area contributed by atoms with Gasteiger partial charge in [-0.2, -0.15) is 0 Å². The molecule has 0 aliphatic carbocycles. The highest BCUT2D eigenvalue weighted by Gasteiger charge is 2.14. The zero-order chi connectivity index (χ0) is 13.7. The zero-order valence-corrected chi connectivity index (χ0v) is 11.0. The van der Waals surface area contributed by atoms with E-state index in [-0.39, 0.29) is 6.10 Å². The van der Waals surface area contributed by atoms with E-state index in [4.69, 9.17) is 9.47 Å². The number of benzene rings is 2. The molecule has 0 fully saturated rings. The minimum atomic E-state index is -0.156. The second-order valence-corrected chi connectivity index (χ2v) is 4.17. The maximum Gasteiger partial charge on any atom is 0.172 e. The highest BCUT2D eigenvalue weighted by atomic mass is 16.5. The number of carbonyl (C=O) groups is 1. The molecule has 0 radical (unpaired) electrons. The van der Waals surface area contributed by atoms with E-state index >= 15 is 0 Å². The third kappa shape index (κ3) is 2.94. The summed E-state index contributed by atoms with van der Waals surface area (Å²) in [7, 11) is 1.56. The molecule has 1 atom stereocenters. The molecule has 98 valence electrons. The van der Waals surface area contributed by atoms with Crippen molar-refractivity contribution in [1.82, 2.24) is 0 Å². The van der Waals surface area contributed by atoms with Crippen LogP contribution in [0.15, 0.2) is 48.5 Å². The van der Waals surface area contributed by atoms with Crippen LogP contribution in [0.2, 0.25) is 0 Å². The summed E-state index contributed by atoms with van der Waals surface area (Å²) in [5.41, 5.74) is 1.53. The Bertz CT molecular complexity index is 549. The number of hydrogen-bond acceptors (Lipinski definition) is 3. The predicted molar refractivity (Wildman–Crippen MR) is 73.9 cm³/mol. The first-order valence-corrected chi connectivity index (χ1v) is 6.10. The van der Waals surface area contributed by atoms with Crippen molar-refractivity contribution in [2.24, 2.45) is 0 Å². The summed E-state index contributed by atoms with van der Waals surface area (Å²) in [6, 6.07) is 15.1. The lowest BCUT2D eigenvalue weighted by Crippen LogP contribution is -2.06. The Morgan fingerprint density at radius 2 is 1.79 bits per heavy atom. The van der Waals surface area contributed by atoms with Crippen LogP contribution in [0.4, 0.5) is 0 Å². The SMILES string of the molecule is COc1cccc(C=O)c1OC(C)c1ccccc1. The topological polar surface area (TPSA) is 35.5 Å². The average Bonchev–Trinajstić information content (AvgIpc) is 2.48. The Morgan fingerprint density at radius 3 is 2.42 bits per heavy atom. The summed E-state index contributed by atoms with van der Waals surface area (Å²) in [6.07, 6.45) is 0.617. The highest BCUT2D eigenvalue weighted by molar-refractivity contribution is 5.81. The van der Waals surface area contributed by atoms with Crippen molar-refractivity contribution in [1.29, 1.82) is 0 Å². The van der Waals surface area contributed by atoms with Crippen molar-refractivity contribution < 1.29 is 14.3 Å². The standard InChI is InChI=1S/C16H16O3/c1-12(13-7-4-3-5-8-13)19-16-14(11-17)9-6-10-15(16)18-2/h3-12H,1-2H3. The van der Waals surface area contributed by atoms with Crippen molar-refractivity contribution >= 4 is 6.29 Å². The molecule has 2 aromatic carbocycles. The van der Waals surface area contributed by atoms with E-state index in [0.29, 0.717) is 17.1 Å². The van der Waals surface area contributed by atoms with Crippen LogP contribution in [-0.2, 0) is 0 Å². The third-order valence-corrected chi connectivity index (χ3v) is 2.92. The van der Waals surface area contributed by atoms with Gasteiger partial charge in [-0.05, 0) is 24.6 Å². The first-order chi connectivity index (χ1) is 9.26. The second-order valence-electron chi connectivity index (χ2n) is 4.17. The van der Waals surface area contributed by atoms with Crippen LogP contribution in [0.5, 0.6) is 11.5 Å². The van der Waals surface area contributed by atoms with Gasteiger partial charge in [-0.1, -0.05) is 36.4 Å². The summed E-state index contributed by atoms with van der Waals surface area (Å²) >= 11 is 0. The van der Waals surface area contributed by atoms with Crippen LogP contribution >= 0.6 is 0 Å². The number of ether oxygens (including phenoxy) is 2. The molecule has 2 aromatic rings. The van der Waals surface area contributed by atoms with Gasteiger partial charge in [0.15, 0.2) is 17.8 Å². The third-order valence-electron chi connectivity index (χ3n) is 2.92. The fourth-order valence-corrected chi connectivity index (χ4v) is 1.88. The maximum absolute atomic E-state index is 11.1. The first kappa shape index (κ1) is 13.1. The molecule has 0 N–H and O–H groups in total. The van der Waals surface area contributed by atoms with E-state index in [2.05, 4.69) is 0 Å². The normalized spacial score (nSPS) is 11.7. The van der Waals surface area contributed by atoms with E-state index in [1.807, 2.05) is 37.3 Å². The smallest absolute Gasteiger partial charge is 0.172 e. The van der Waals surface area contributed by atoms with Gasteiger partial charge >= 0.3 is 0 Å². The van der Waals surface area contributed by atoms with Gasteiger partial charge in [0, 0.05) is 0 Å². The maximum atomic E-state index is 11.1. The quantitative estimate of drug-likeness (QED) is 0.766. The van der Waals surface area contributed by atoms with Gasteiger partial charge in [0.1, 0.15) is 6.10 Å². The van der Waals surface area contributed by atoms with Gasteiger partial charge in [0.05, 0.1) is 12.7 Å². The fraction of sp³-hybridized carbons (Fsp3) is 0.188. The van der Waals surface area contributed by atoms with E-state index in [1.165, 1.54) is 0 Å². The fourth-order valence-electron chi connectivity index (χ4n) is 1.88.